The fourth-order valence-electron chi connectivity index (χ4n) is 5.73. The zero-order valence-corrected chi connectivity index (χ0v) is 23.5. The van der Waals surface area contributed by atoms with Gasteiger partial charge in [0.25, 0.3) is 11.8 Å². The molecular formula is C32H37FN4O3. The smallest absolute Gasteiger partial charge is 0.262 e. The van der Waals surface area contributed by atoms with Gasteiger partial charge in [-0.2, -0.15) is 0 Å². The Morgan fingerprint density at radius 3 is 2.50 bits per heavy atom. The van der Waals surface area contributed by atoms with Crippen LogP contribution in [0.3, 0.4) is 0 Å². The first-order valence-corrected chi connectivity index (χ1v) is 13.9. The molecule has 7 nitrogen and oxygen atoms in total. The molecule has 0 aliphatic carbocycles. The SMILES string of the molecule is COc1cc(NC(=O)c2ccccc2C)ccc1C(=O)N1CCCC(CN2CCN(C)CC2)c2cc(F)ccc21. The van der Waals surface area contributed by atoms with Gasteiger partial charge in [-0.25, -0.2) is 4.39 Å². The second-order valence-electron chi connectivity index (χ2n) is 10.8. The van der Waals surface area contributed by atoms with Gasteiger partial charge in [0, 0.05) is 62.3 Å². The van der Waals surface area contributed by atoms with Crippen molar-refractivity contribution in [2.45, 2.75) is 25.7 Å². The van der Waals surface area contributed by atoms with Crippen LogP contribution in [0, 0.1) is 12.7 Å². The molecule has 0 aromatic heterocycles. The van der Waals surface area contributed by atoms with E-state index < -0.39 is 0 Å². The quantitative estimate of drug-likeness (QED) is 0.464. The molecule has 1 atom stereocenters. The van der Waals surface area contributed by atoms with E-state index in [0.717, 1.165) is 62.4 Å². The van der Waals surface area contributed by atoms with Crippen LogP contribution in [0.2, 0.25) is 0 Å². The number of halogens is 1. The van der Waals surface area contributed by atoms with Gasteiger partial charge in [0.2, 0.25) is 0 Å². The summed E-state index contributed by atoms with van der Waals surface area (Å²) in [5, 5.41) is 2.91. The van der Waals surface area contributed by atoms with Crippen molar-refractivity contribution in [1.29, 1.82) is 0 Å². The van der Waals surface area contributed by atoms with E-state index in [2.05, 4.69) is 22.2 Å². The van der Waals surface area contributed by atoms with Crippen molar-refractivity contribution in [1.82, 2.24) is 9.80 Å². The largest absolute Gasteiger partial charge is 0.496 e. The molecule has 2 aliphatic rings. The zero-order chi connectivity index (χ0) is 28.2. The van der Waals surface area contributed by atoms with Crippen LogP contribution in [0.5, 0.6) is 5.75 Å². The first-order chi connectivity index (χ1) is 19.3. The molecule has 0 saturated carbocycles. The maximum Gasteiger partial charge on any atom is 0.262 e. The molecule has 0 spiro atoms. The molecule has 5 rings (SSSR count). The predicted molar refractivity (Wildman–Crippen MR) is 156 cm³/mol. The molecule has 0 radical (unpaired) electrons. The van der Waals surface area contributed by atoms with Crippen molar-refractivity contribution in [2.75, 3.05) is 63.6 Å². The summed E-state index contributed by atoms with van der Waals surface area (Å²) in [7, 11) is 3.65. The maximum atomic E-state index is 14.5. The fraction of sp³-hybridized carbons (Fsp3) is 0.375. The van der Waals surface area contributed by atoms with E-state index >= 15 is 0 Å². The fourth-order valence-corrected chi connectivity index (χ4v) is 5.73. The second kappa shape index (κ2) is 12.2. The molecule has 2 heterocycles. The van der Waals surface area contributed by atoms with Gasteiger partial charge >= 0.3 is 0 Å². The van der Waals surface area contributed by atoms with Gasteiger partial charge in [-0.1, -0.05) is 18.2 Å². The topological polar surface area (TPSA) is 65.1 Å². The van der Waals surface area contributed by atoms with Crippen LogP contribution in [0.4, 0.5) is 15.8 Å². The first kappa shape index (κ1) is 27.8. The van der Waals surface area contributed by atoms with Crippen molar-refractivity contribution in [2.24, 2.45) is 0 Å². The summed E-state index contributed by atoms with van der Waals surface area (Å²) in [5.41, 5.74) is 4.02. The van der Waals surface area contributed by atoms with Crippen LogP contribution in [0.15, 0.2) is 60.7 Å². The number of nitrogens with one attached hydrogen (secondary N) is 1. The molecule has 2 amide bonds. The third kappa shape index (κ3) is 6.03. The van der Waals surface area contributed by atoms with Gasteiger partial charge in [0.05, 0.1) is 12.7 Å². The first-order valence-electron chi connectivity index (χ1n) is 13.9. The van der Waals surface area contributed by atoms with Gasteiger partial charge in [0.1, 0.15) is 11.6 Å². The average molecular weight is 545 g/mol. The lowest BCUT2D eigenvalue weighted by Crippen LogP contribution is -2.45. The number of hydrogen-bond donors (Lipinski definition) is 1. The molecule has 1 N–H and O–H groups in total. The van der Waals surface area contributed by atoms with Crippen molar-refractivity contribution in [3.05, 3.63) is 88.7 Å². The Bertz CT molecular complexity index is 1390. The molecule has 1 fully saturated rings. The molecule has 8 heteroatoms. The summed E-state index contributed by atoms with van der Waals surface area (Å²) in [6, 6.07) is 17.2. The Balaban J connectivity index is 1.39. The minimum atomic E-state index is -0.289. The van der Waals surface area contributed by atoms with Gasteiger partial charge in [0.15, 0.2) is 0 Å². The number of fused-ring (bicyclic) bond motifs is 1. The molecule has 3 aromatic carbocycles. The summed E-state index contributed by atoms with van der Waals surface area (Å²) < 4.78 is 20.1. The van der Waals surface area contributed by atoms with Crippen molar-refractivity contribution >= 4 is 23.2 Å². The molecular weight excluding hydrogens is 507 g/mol. The number of hydrogen-bond acceptors (Lipinski definition) is 5. The van der Waals surface area contributed by atoms with Crippen LogP contribution >= 0.6 is 0 Å². The molecule has 1 saturated heterocycles. The Morgan fingerprint density at radius 2 is 1.75 bits per heavy atom. The van der Waals surface area contributed by atoms with Crippen LogP contribution < -0.4 is 15.0 Å². The van der Waals surface area contributed by atoms with E-state index in [0.29, 0.717) is 29.1 Å². The Hall–Kier alpha value is -3.75. The highest BCUT2D eigenvalue weighted by Crippen LogP contribution is 2.37. The van der Waals surface area contributed by atoms with E-state index in [1.807, 2.05) is 25.1 Å². The summed E-state index contributed by atoms with van der Waals surface area (Å²) in [5.74, 6) is -0.208. The van der Waals surface area contributed by atoms with Crippen molar-refractivity contribution in [3.8, 4) is 5.75 Å². The van der Waals surface area contributed by atoms with Crippen molar-refractivity contribution < 1.29 is 18.7 Å². The molecule has 2 aliphatic heterocycles. The van der Waals surface area contributed by atoms with Crippen LogP contribution in [-0.4, -0.2) is 75.0 Å². The number of ether oxygens (including phenoxy) is 1. The van der Waals surface area contributed by atoms with Gasteiger partial charge in [-0.05, 0) is 80.3 Å². The molecule has 1 unspecified atom stereocenters. The number of rotatable bonds is 6. The van der Waals surface area contributed by atoms with Gasteiger partial charge in [-0.15, -0.1) is 0 Å². The van der Waals surface area contributed by atoms with E-state index in [1.165, 1.54) is 13.2 Å². The highest BCUT2D eigenvalue weighted by molar-refractivity contribution is 6.09. The summed E-state index contributed by atoms with van der Waals surface area (Å²) in [6.07, 6.45) is 1.70. The summed E-state index contributed by atoms with van der Waals surface area (Å²) in [6.45, 7) is 7.30. The number of carbonyl (C=O) groups excluding carboxylic acids is 2. The van der Waals surface area contributed by atoms with E-state index in [4.69, 9.17) is 4.74 Å². The lowest BCUT2D eigenvalue weighted by molar-refractivity contribution is 0.0983. The molecule has 0 bridgehead atoms. The number of amides is 2. The van der Waals surface area contributed by atoms with Crippen LogP contribution in [0.25, 0.3) is 0 Å². The molecule has 210 valence electrons. The van der Waals surface area contributed by atoms with Crippen LogP contribution in [-0.2, 0) is 0 Å². The number of methoxy groups -OCH3 is 1. The zero-order valence-electron chi connectivity index (χ0n) is 23.5. The highest BCUT2D eigenvalue weighted by atomic mass is 19.1. The second-order valence-corrected chi connectivity index (χ2v) is 10.8. The Morgan fingerprint density at radius 1 is 0.975 bits per heavy atom. The number of aryl methyl sites for hydroxylation is 1. The minimum Gasteiger partial charge on any atom is -0.496 e. The van der Waals surface area contributed by atoms with Gasteiger partial charge < -0.3 is 24.8 Å². The molecule has 3 aromatic rings. The Labute approximate surface area is 235 Å². The Kier molecular flexibility index (Phi) is 8.47. The number of carbonyl (C=O) groups is 2. The van der Waals surface area contributed by atoms with Crippen LogP contribution in [0.1, 0.15) is 50.6 Å². The van der Waals surface area contributed by atoms with E-state index in [-0.39, 0.29) is 23.5 Å². The number of anilines is 2. The number of likely N-dealkylation sites (N-methyl/N-ethyl adjacent to an activating group) is 1. The van der Waals surface area contributed by atoms with Crippen molar-refractivity contribution in [3.63, 3.8) is 0 Å². The normalized spacial score (nSPS) is 18.1. The van der Waals surface area contributed by atoms with E-state index in [9.17, 15) is 14.0 Å². The van der Waals surface area contributed by atoms with Gasteiger partial charge in [-0.3, -0.25) is 9.59 Å². The predicted octanol–water partition coefficient (Wildman–Crippen LogP) is 5.17. The highest BCUT2D eigenvalue weighted by Gasteiger charge is 2.30. The van der Waals surface area contributed by atoms with E-state index in [1.54, 1.807) is 41.3 Å². The molecule has 40 heavy (non-hydrogen) atoms. The monoisotopic (exact) mass is 544 g/mol. The number of nitrogens with zero attached hydrogens (tertiary/aromatic N) is 3. The standard InChI is InChI=1S/C32H37FN4O3/c1-22-7-4-5-9-26(22)31(38)34-25-11-12-27(30(20-25)40-3)32(39)37-14-6-8-23(21-36-17-15-35(2)16-18-36)28-19-24(33)10-13-29(28)37/h4-5,7,9-13,19-20,23H,6,8,14-18,21H2,1-3H3,(H,34,38). The summed E-state index contributed by atoms with van der Waals surface area (Å²) >= 11 is 0. The average Bonchev–Trinajstić information content (AvgIpc) is 3.13. The number of piperazine rings is 1. The summed E-state index contributed by atoms with van der Waals surface area (Å²) in [4.78, 5) is 33.3. The minimum absolute atomic E-state index is 0.146. The lowest BCUT2D eigenvalue weighted by Gasteiger charge is -2.35. The maximum absolute atomic E-state index is 14.5. The lowest BCUT2D eigenvalue weighted by atomic mass is 9.93. The third-order valence-corrected chi connectivity index (χ3v) is 8.05. The third-order valence-electron chi connectivity index (χ3n) is 8.05. The number of benzene rings is 3.